The van der Waals surface area contributed by atoms with E-state index in [9.17, 15) is 4.79 Å². The molecule has 4 rings (SSSR count). The van der Waals surface area contributed by atoms with Crippen molar-refractivity contribution in [1.82, 2.24) is 19.6 Å². The van der Waals surface area contributed by atoms with Crippen molar-refractivity contribution in [2.45, 2.75) is 77.2 Å². The smallest absolute Gasteiger partial charge is 0.410 e. The van der Waals surface area contributed by atoms with E-state index in [-0.39, 0.29) is 23.8 Å². The molecule has 4 heterocycles. The fraction of sp³-hybridized carbons (Fsp3) is 0.852. The second-order valence-electron chi connectivity index (χ2n) is 12.0. The summed E-state index contributed by atoms with van der Waals surface area (Å²) in [5.74, 6) is 1.03. The van der Waals surface area contributed by atoms with E-state index in [1.807, 2.05) is 25.7 Å². The molecular weight excluding hydrogens is 474 g/mol. The van der Waals surface area contributed by atoms with Gasteiger partial charge in [0.25, 0.3) is 0 Å². The van der Waals surface area contributed by atoms with Crippen molar-refractivity contribution in [2.24, 2.45) is 0 Å². The van der Waals surface area contributed by atoms with E-state index < -0.39 is 5.60 Å². The highest BCUT2D eigenvalue weighted by Gasteiger charge is 2.40. The highest BCUT2D eigenvalue weighted by molar-refractivity contribution is 5.68. The average molecular weight is 522 g/mol. The topological polar surface area (TPSA) is 81.5 Å². The lowest BCUT2D eigenvalue weighted by Crippen LogP contribution is -2.62. The van der Waals surface area contributed by atoms with Crippen molar-refractivity contribution < 1.29 is 23.7 Å². The zero-order valence-electron chi connectivity index (χ0n) is 23.7. The number of likely N-dealkylation sites (tertiary alicyclic amines) is 1. The number of rotatable bonds is 7. The molecule has 10 nitrogen and oxygen atoms in total. The summed E-state index contributed by atoms with van der Waals surface area (Å²) in [6.07, 6.45) is 2.59. The van der Waals surface area contributed by atoms with Gasteiger partial charge < -0.3 is 28.7 Å². The SMILES string of the molecule is COCC[C@@]1(C)CN(C[C@@H]2COCCO2)CCN1c1cc(C)n(C2CCN(C(=O)OC(C)(C)C)CC2)n1. The first-order chi connectivity index (χ1) is 17.6. The van der Waals surface area contributed by atoms with Gasteiger partial charge in [0.2, 0.25) is 0 Å². The number of piperazine rings is 1. The number of nitrogens with zero attached hydrogens (tertiary/aromatic N) is 5. The van der Waals surface area contributed by atoms with Crippen LogP contribution in [-0.2, 0) is 18.9 Å². The van der Waals surface area contributed by atoms with Gasteiger partial charge in [0.1, 0.15) is 5.60 Å². The Kier molecular flexibility index (Phi) is 9.04. The molecule has 0 N–H and O–H groups in total. The molecule has 0 saturated carbocycles. The third kappa shape index (κ3) is 7.16. The summed E-state index contributed by atoms with van der Waals surface area (Å²) in [6, 6.07) is 2.50. The van der Waals surface area contributed by atoms with E-state index in [0.29, 0.717) is 39.5 Å². The van der Waals surface area contributed by atoms with Gasteiger partial charge in [0.15, 0.2) is 5.82 Å². The van der Waals surface area contributed by atoms with Gasteiger partial charge >= 0.3 is 6.09 Å². The first kappa shape index (κ1) is 28.1. The van der Waals surface area contributed by atoms with Crippen LogP contribution in [0.15, 0.2) is 6.07 Å². The third-order valence-electron chi connectivity index (χ3n) is 7.70. The van der Waals surface area contributed by atoms with E-state index in [2.05, 4.69) is 34.4 Å². The number of aromatic nitrogens is 2. The third-order valence-corrected chi connectivity index (χ3v) is 7.70. The normalized spacial score (nSPS) is 26.5. The van der Waals surface area contributed by atoms with E-state index >= 15 is 0 Å². The van der Waals surface area contributed by atoms with Crippen molar-refractivity contribution in [3.05, 3.63) is 11.8 Å². The fourth-order valence-corrected chi connectivity index (χ4v) is 5.76. The molecule has 1 aromatic rings. The highest BCUT2D eigenvalue weighted by atomic mass is 16.6. The van der Waals surface area contributed by atoms with Crippen LogP contribution >= 0.6 is 0 Å². The predicted molar refractivity (Wildman–Crippen MR) is 142 cm³/mol. The number of ether oxygens (including phenoxy) is 4. The number of hydrogen-bond donors (Lipinski definition) is 0. The van der Waals surface area contributed by atoms with Gasteiger partial charge in [0, 0.05) is 64.7 Å². The number of aryl methyl sites for hydroxylation is 1. The lowest BCUT2D eigenvalue weighted by molar-refractivity contribution is -0.0998. The van der Waals surface area contributed by atoms with Crippen LogP contribution in [0.2, 0.25) is 0 Å². The molecule has 0 unspecified atom stereocenters. The Hall–Kier alpha value is -1.88. The lowest BCUT2D eigenvalue weighted by atomic mass is 9.92. The van der Waals surface area contributed by atoms with Crippen LogP contribution in [0.25, 0.3) is 0 Å². The quantitative estimate of drug-likeness (QED) is 0.542. The number of amides is 1. The second kappa shape index (κ2) is 11.9. The number of carbonyl (C=O) groups excluding carboxylic acids is 1. The Labute approximate surface area is 222 Å². The molecular formula is C27H47N5O5. The molecule has 3 fully saturated rings. The van der Waals surface area contributed by atoms with Crippen LogP contribution in [0.4, 0.5) is 10.6 Å². The van der Waals surface area contributed by atoms with Crippen molar-refractivity contribution in [3.8, 4) is 0 Å². The first-order valence-corrected chi connectivity index (χ1v) is 13.8. The van der Waals surface area contributed by atoms with Crippen LogP contribution in [0.5, 0.6) is 0 Å². The molecule has 3 aliphatic heterocycles. The number of anilines is 1. The lowest BCUT2D eigenvalue weighted by Gasteiger charge is -2.50. The Bertz CT molecular complexity index is 888. The van der Waals surface area contributed by atoms with E-state index in [4.69, 9.17) is 24.0 Å². The summed E-state index contributed by atoms with van der Waals surface area (Å²) in [7, 11) is 1.77. The minimum Gasteiger partial charge on any atom is -0.444 e. The van der Waals surface area contributed by atoms with Gasteiger partial charge in [-0.3, -0.25) is 9.58 Å². The van der Waals surface area contributed by atoms with Crippen LogP contribution in [-0.4, -0.2) is 116 Å². The zero-order chi connectivity index (χ0) is 26.6. The predicted octanol–water partition coefficient (Wildman–Crippen LogP) is 3.10. The van der Waals surface area contributed by atoms with Crippen LogP contribution < -0.4 is 4.90 Å². The van der Waals surface area contributed by atoms with Crippen molar-refractivity contribution in [3.63, 3.8) is 0 Å². The van der Waals surface area contributed by atoms with Gasteiger partial charge in [-0.15, -0.1) is 0 Å². The van der Waals surface area contributed by atoms with Crippen LogP contribution in [0.1, 0.15) is 58.7 Å². The standard InChI is InChI=1S/C27H47N5O5/c1-21-17-24(28-32(21)22-7-10-30(11-8-22)25(33)37-26(2,3)4)31-13-12-29(18-23-19-35-15-16-36-23)20-27(31,5)9-14-34-6/h17,22-23H,7-16,18-20H2,1-6H3/t23-,27+/m1/s1. The first-order valence-electron chi connectivity index (χ1n) is 13.8. The molecule has 2 atom stereocenters. The van der Waals surface area contributed by atoms with Gasteiger partial charge in [-0.2, -0.15) is 5.10 Å². The van der Waals surface area contributed by atoms with Crippen molar-refractivity contribution in [2.75, 3.05) is 77.7 Å². The number of methoxy groups -OCH3 is 1. The van der Waals surface area contributed by atoms with Gasteiger partial charge in [0.05, 0.1) is 37.5 Å². The summed E-state index contributed by atoms with van der Waals surface area (Å²) in [6.45, 7) is 18.0. The maximum absolute atomic E-state index is 12.5. The minimum atomic E-state index is -0.474. The van der Waals surface area contributed by atoms with Crippen molar-refractivity contribution in [1.29, 1.82) is 0 Å². The average Bonchev–Trinajstić information content (AvgIpc) is 3.23. The largest absolute Gasteiger partial charge is 0.444 e. The molecule has 210 valence electrons. The van der Waals surface area contributed by atoms with Crippen LogP contribution in [0, 0.1) is 6.92 Å². The van der Waals surface area contributed by atoms with E-state index in [0.717, 1.165) is 57.0 Å². The molecule has 10 heteroatoms. The molecule has 0 aliphatic carbocycles. The Morgan fingerprint density at radius 3 is 2.59 bits per heavy atom. The summed E-state index contributed by atoms with van der Waals surface area (Å²) in [4.78, 5) is 19.3. The number of carbonyl (C=O) groups is 1. The van der Waals surface area contributed by atoms with E-state index in [1.54, 1.807) is 7.11 Å². The fourth-order valence-electron chi connectivity index (χ4n) is 5.76. The second-order valence-corrected chi connectivity index (χ2v) is 12.0. The van der Waals surface area contributed by atoms with Crippen LogP contribution in [0.3, 0.4) is 0 Å². The molecule has 1 aromatic heterocycles. The molecule has 0 aromatic carbocycles. The Morgan fingerprint density at radius 2 is 1.95 bits per heavy atom. The maximum atomic E-state index is 12.5. The molecule has 0 bridgehead atoms. The molecule has 0 spiro atoms. The number of hydrogen-bond acceptors (Lipinski definition) is 8. The highest BCUT2D eigenvalue weighted by Crippen LogP contribution is 2.33. The summed E-state index contributed by atoms with van der Waals surface area (Å²) in [5, 5.41) is 5.13. The van der Waals surface area contributed by atoms with Crippen molar-refractivity contribution >= 4 is 11.9 Å². The maximum Gasteiger partial charge on any atom is 0.410 e. The molecule has 3 saturated heterocycles. The number of piperidine rings is 1. The summed E-state index contributed by atoms with van der Waals surface area (Å²) < 4.78 is 24.8. The van der Waals surface area contributed by atoms with Gasteiger partial charge in [-0.05, 0) is 53.9 Å². The molecule has 0 radical (unpaired) electrons. The van der Waals surface area contributed by atoms with Gasteiger partial charge in [-0.1, -0.05) is 0 Å². The molecule has 1 amide bonds. The zero-order valence-corrected chi connectivity index (χ0v) is 23.7. The molecule has 3 aliphatic rings. The minimum absolute atomic E-state index is 0.102. The summed E-state index contributed by atoms with van der Waals surface area (Å²) in [5.41, 5.74) is 0.586. The van der Waals surface area contributed by atoms with E-state index in [1.165, 1.54) is 0 Å². The molecule has 37 heavy (non-hydrogen) atoms. The monoisotopic (exact) mass is 521 g/mol. The van der Waals surface area contributed by atoms with Gasteiger partial charge in [-0.25, -0.2) is 4.79 Å². The Morgan fingerprint density at radius 1 is 1.19 bits per heavy atom. The summed E-state index contributed by atoms with van der Waals surface area (Å²) >= 11 is 0. The Balaban J connectivity index is 1.42.